The van der Waals surface area contributed by atoms with Crippen LogP contribution in [-0.2, 0) is 114 Å². The average molecular weight is 1730 g/mol. The Bertz CT molecular complexity index is 4500. The van der Waals surface area contributed by atoms with E-state index in [1.165, 1.54) is 117 Å². The zero-order chi connectivity index (χ0) is 90.7. The highest BCUT2D eigenvalue weighted by Gasteiger charge is 2.39. The Morgan fingerprint density at radius 2 is 0.821 bits per heavy atom. The number of thioether (sulfide) groups is 1. The molecule has 1 aliphatic rings. The summed E-state index contributed by atoms with van der Waals surface area (Å²) in [7, 11) is 0. The second-order valence-corrected chi connectivity index (χ2v) is 31.4. The molecular weight excluding hydrogens is 1630 g/mol. The van der Waals surface area contributed by atoms with Crippen LogP contribution in [0.4, 0.5) is 0 Å². The van der Waals surface area contributed by atoms with Crippen molar-refractivity contribution in [2.45, 2.75) is 179 Å². The molecule has 123 heavy (non-hydrogen) atoms. The van der Waals surface area contributed by atoms with Crippen LogP contribution in [0.1, 0.15) is 102 Å². The molecule has 0 unspecified atom stereocenters. The van der Waals surface area contributed by atoms with Crippen molar-refractivity contribution in [1.82, 2.24) is 89.7 Å². The van der Waals surface area contributed by atoms with E-state index in [1.54, 1.807) is 41.5 Å². The van der Waals surface area contributed by atoms with Gasteiger partial charge in [-0.3, -0.25) is 81.5 Å². The van der Waals surface area contributed by atoms with Gasteiger partial charge in [-0.05, 0) is 108 Å². The standard InChI is InChI=1S/C81H108N18O23S/c1-8-43(6)69-81(122)97-59(30-48-15-23-53(104)24-16-48)77(118)95-58(29-47-13-21-52(103)22-14-47)74(115)88-44(7)70(111)98-62(37-100)80(121)93-55(26-42(4)5)75(116)94-56(27-45-9-17-50(101)18-10-45)72(113)86-35-65(106)89-61(32-68(109)110)78(119)92-54(25-41(2)3)71(112)85-36-66(107)91-63(73(114)84-34-64(82)105)38-123-39-67(108)90-57(28-46-11-19-51(102)20-12-46)76(117)96-60(79(120)99-69)31-49-33-83-40-87-49/h9-24,33,40-44,54-63,69,100-104H,8,25-32,34-39H2,1-7H3,(H2,82,105)(H,83,87)(H,84,114)(H,85,112)(H,86,113)(H,88,115)(H,89,106)(H,90,108)(H,91,107)(H,92,119)(H,93,121)(H,94,116)(H,95,118)(H,96,117)(H,97,122)(H,98,111)(H,99,120)(H,109,110)/t43-,44-,54-,55-,56-,57-,58-,59-,60-,61-,62-,63-,69-/m0/s1. The van der Waals surface area contributed by atoms with Crippen molar-refractivity contribution in [2.24, 2.45) is 23.5 Å². The molecule has 6 rings (SSSR count). The molecule has 5 aromatic rings. The van der Waals surface area contributed by atoms with Gasteiger partial charge in [0.2, 0.25) is 94.5 Å². The predicted molar refractivity (Wildman–Crippen MR) is 442 cm³/mol. The fourth-order valence-electron chi connectivity index (χ4n) is 12.4. The van der Waals surface area contributed by atoms with Crippen LogP contribution in [0.3, 0.4) is 0 Å². The van der Waals surface area contributed by atoms with E-state index in [9.17, 15) is 97.8 Å². The minimum absolute atomic E-state index is 0.152. The van der Waals surface area contributed by atoms with Crippen LogP contribution < -0.4 is 85.5 Å². The normalized spacial score (nSPS) is 23.1. The molecule has 41 nitrogen and oxygen atoms in total. The monoisotopic (exact) mass is 1730 g/mol. The molecule has 0 saturated carbocycles. The van der Waals surface area contributed by atoms with E-state index in [0.29, 0.717) is 22.3 Å². The average Bonchev–Trinajstić information content (AvgIpc) is 1.17. The van der Waals surface area contributed by atoms with Crippen LogP contribution in [0.25, 0.3) is 0 Å². The van der Waals surface area contributed by atoms with E-state index in [2.05, 4.69) is 89.7 Å². The summed E-state index contributed by atoms with van der Waals surface area (Å²) >= 11 is 0.731. The Labute approximate surface area is 711 Å². The number of amides is 16. The number of carbonyl (C=O) groups excluding carboxylic acids is 16. The Kier molecular flexibility index (Phi) is 39.0. The molecule has 0 bridgehead atoms. The molecule has 0 radical (unpaired) electrons. The third-order valence-electron chi connectivity index (χ3n) is 19.2. The van der Waals surface area contributed by atoms with Crippen LogP contribution in [0.15, 0.2) is 110 Å². The lowest BCUT2D eigenvalue weighted by atomic mass is 9.96. The molecule has 0 spiro atoms. The van der Waals surface area contributed by atoms with Crippen LogP contribution in [0.2, 0.25) is 0 Å². The fraction of sp³-hybridized carbons (Fsp3) is 0.457. The van der Waals surface area contributed by atoms with Crippen LogP contribution >= 0.6 is 11.8 Å². The van der Waals surface area contributed by atoms with Crippen molar-refractivity contribution < 1.29 is 112 Å². The number of aliphatic carboxylic acids is 1. The molecule has 1 saturated heterocycles. The van der Waals surface area contributed by atoms with Crippen molar-refractivity contribution in [3.63, 3.8) is 0 Å². The lowest BCUT2D eigenvalue weighted by Crippen LogP contribution is -2.62. The predicted octanol–water partition coefficient (Wildman–Crippen LogP) is -4.23. The molecular formula is C81H108N18O23S. The third kappa shape index (κ3) is 34.0. The number of aromatic nitrogens is 2. The summed E-state index contributed by atoms with van der Waals surface area (Å²) in [5, 5.41) is 98.4. The number of hydrogen-bond acceptors (Lipinski definition) is 24. The number of carbonyl (C=O) groups is 17. The lowest BCUT2D eigenvalue weighted by molar-refractivity contribution is -0.141. The molecule has 4 aromatic carbocycles. The van der Waals surface area contributed by atoms with E-state index < -0.39 is 235 Å². The number of benzene rings is 4. The number of rotatable bonds is 22. The second kappa shape index (κ2) is 48.7. The van der Waals surface area contributed by atoms with E-state index in [1.807, 2.05) is 0 Å². The topological polar surface area (TPSA) is 647 Å². The number of aromatic hydroxyl groups is 4. The third-order valence-corrected chi connectivity index (χ3v) is 20.2. The van der Waals surface area contributed by atoms with E-state index in [4.69, 9.17) is 5.73 Å². The number of H-pyrrole nitrogens is 1. The first-order valence-corrected chi connectivity index (χ1v) is 40.6. The number of aromatic amines is 1. The van der Waals surface area contributed by atoms with Gasteiger partial charge in [0.1, 0.15) is 95.5 Å². The summed E-state index contributed by atoms with van der Waals surface area (Å²) in [6.07, 6.45) is -0.246. The van der Waals surface area contributed by atoms with Crippen molar-refractivity contribution in [1.29, 1.82) is 0 Å². The number of nitrogens with one attached hydrogen (secondary N) is 16. The molecule has 666 valence electrons. The highest BCUT2D eigenvalue weighted by Crippen LogP contribution is 2.20. The smallest absolute Gasteiger partial charge is 0.305 e. The molecule has 1 fully saturated rings. The Morgan fingerprint density at radius 3 is 1.25 bits per heavy atom. The van der Waals surface area contributed by atoms with Gasteiger partial charge in [0.25, 0.3) is 0 Å². The largest absolute Gasteiger partial charge is 0.508 e. The van der Waals surface area contributed by atoms with Gasteiger partial charge in [-0.2, -0.15) is 0 Å². The highest BCUT2D eigenvalue weighted by atomic mass is 32.2. The molecule has 2 heterocycles. The number of carboxylic acid groups (broad SMARTS) is 1. The first kappa shape index (κ1) is 98.4. The molecule has 24 N–H and O–H groups in total. The second-order valence-electron chi connectivity index (χ2n) is 30.3. The summed E-state index contributed by atoms with van der Waals surface area (Å²) in [5.41, 5.74) is 6.98. The minimum atomic E-state index is -1.95. The molecule has 0 aliphatic carbocycles. The van der Waals surface area contributed by atoms with Gasteiger partial charge in [0.05, 0.1) is 44.7 Å². The zero-order valence-corrected chi connectivity index (χ0v) is 69.5. The van der Waals surface area contributed by atoms with E-state index in [0.717, 1.165) is 11.8 Å². The number of nitrogens with zero attached hydrogens (tertiary/aromatic N) is 1. The lowest BCUT2D eigenvalue weighted by Gasteiger charge is -2.30. The van der Waals surface area contributed by atoms with Gasteiger partial charge < -0.3 is 121 Å². The first-order valence-electron chi connectivity index (χ1n) is 39.5. The fourth-order valence-corrected chi connectivity index (χ4v) is 13.3. The summed E-state index contributed by atoms with van der Waals surface area (Å²) in [6.45, 7) is 7.40. The van der Waals surface area contributed by atoms with Gasteiger partial charge in [-0.25, -0.2) is 4.98 Å². The molecule has 13 atom stereocenters. The van der Waals surface area contributed by atoms with Gasteiger partial charge in [0, 0.05) is 49.7 Å². The number of aliphatic hydroxyl groups is 1. The van der Waals surface area contributed by atoms with Crippen LogP contribution in [0, 0.1) is 17.8 Å². The van der Waals surface area contributed by atoms with Gasteiger partial charge >= 0.3 is 5.97 Å². The maximum Gasteiger partial charge on any atom is 0.305 e. The van der Waals surface area contributed by atoms with Crippen LogP contribution in [0.5, 0.6) is 23.0 Å². The van der Waals surface area contributed by atoms with Gasteiger partial charge in [-0.15, -0.1) is 11.8 Å². The number of nitrogens with two attached hydrogens (primary N) is 1. The molecule has 1 aromatic heterocycles. The van der Waals surface area contributed by atoms with E-state index >= 15 is 14.4 Å². The number of phenolic OH excluding ortho intramolecular Hbond substituents is 4. The van der Waals surface area contributed by atoms with Crippen molar-refractivity contribution in [3.05, 3.63) is 138 Å². The Balaban J connectivity index is 1.40. The first-order chi connectivity index (χ1) is 58.3. The Morgan fingerprint density at radius 1 is 0.455 bits per heavy atom. The molecule has 16 amide bonds. The number of primary amides is 1. The number of hydrogen-bond donors (Lipinski definition) is 23. The van der Waals surface area contributed by atoms with Gasteiger partial charge in [0.15, 0.2) is 0 Å². The SMILES string of the molecule is CC[C@H](C)[C@@H]1NC(=O)[C@H](Cc2cnc[nH]2)NC(=O)[C@H](Cc2ccc(O)cc2)NC(=O)CSC[C@@H](C(=O)NCC(N)=O)NC(=O)CNC(=O)[C@H](CC(C)C)NC(=O)[C@H](CC(=O)O)NC(=O)CNC(=O)[C@H](Cc2ccc(O)cc2)NC(=O)[C@H](CC(C)C)NC(=O)[C@H](CO)NC(=O)[C@H](C)NC(=O)[C@H](Cc2ccc(O)cc2)NC(=O)[C@H](Cc2ccc(O)cc2)NC1=O. The van der Waals surface area contributed by atoms with Crippen molar-refractivity contribution in [2.75, 3.05) is 37.7 Å². The quantitative estimate of drug-likeness (QED) is 0.0312. The number of imidazole rings is 1. The molecule has 1 aliphatic heterocycles. The minimum Gasteiger partial charge on any atom is -0.508 e. The number of phenols is 4. The molecule has 42 heteroatoms. The van der Waals surface area contributed by atoms with Crippen molar-refractivity contribution >= 4 is 112 Å². The van der Waals surface area contributed by atoms with Crippen molar-refractivity contribution in [3.8, 4) is 23.0 Å². The highest BCUT2D eigenvalue weighted by molar-refractivity contribution is 8.00. The summed E-state index contributed by atoms with van der Waals surface area (Å²) < 4.78 is 0. The maximum absolute atomic E-state index is 15.1. The summed E-state index contributed by atoms with van der Waals surface area (Å²) in [6, 6.07) is 2.10. The summed E-state index contributed by atoms with van der Waals surface area (Å²) in [5.74, 6) is -21.5. The van der Waals surface area contributed by atoms with Crippen LogP contribution in [-0.4, -0.2) is 251 Å². The zero-order valence-electron chi connectivity index (χ0n) is 68.7. The Hall–Kier alpha value is -13.4. The number of carboxylic acids is 1. The van der Waals surface area contributed by atoms with E-state index in [-0.39, 0.29) is 80.1 Å². The summed E-state index contributed by atoms with van der Waals surface area (Å²) in [4.78, 5) is 246. The number of aliphatic hydroxyl groups excluding tert-OH is 1. The van der Waals surface area contributed by atoms with Gasteiger partial charge in [-0.1, -0.05) is 96.5 Å². The maximum atomic E-state index is 15.1.